The predicted molar refractivity (Wildman–Crippen MR) is 59.2 cm³/mol. The molecule has 0 aromatic carbocycles. The molecule has 14 heavy (non-hydrogen) atoms. The third kappa shape index (κ3) is 0.934. The minimum Gasteiger partial charge on any atom is -0.291 e. The van der Waals surface area contributed by atoms with Crippen LogP contribution in [0.15, 0.2) is 0 Å². The van der Waals surface area contributed by atoms with Crippen LogP contribution in [0.3, 0.4) is 0 Å². The van der Waals surface area contributed by atoms with E-state index in [1.165, 1.54) is 35.6 Å². The number of imidazole rings is 1. The molecule has 0 aliphatic heterocycles. The normalized spacial score (nSPS) is 15.3. The topological polar surface area (TPSA) is 17.3 Å². The van der Waals surface area contributed by atoms with Crippen LogP contribution in [-0.4, -0.2) is 9.38 Å². The quantitative estimate of drug-likeness (QED) is 0.701. The third-order valence-electron chi connectivity index (χ3n) is 3.10. The Labute approximate surface area is 87.6 Å². The van der Waals surface area contributed by atoms with Crippen LogP contribution in [0.2, 0.25) is 0 Å². The Kier molecular flexibility index (Phi) is 1.71. The Balaban J connectivity index is 2.38. The van der Waals surface area contributed by atoms with E-state index in [0.717, 1.165) is 6.42 Å². The Morgan fingerprint density at radius 2 is 2.29 bits per heavy atom. The van der Waals surface area contributed by atoms with Crippen LogP contribution in [0.5, 0.6) is 0 Å². The van der Waals surface area contributed by atoms with Crippen molar-refractivity contribution in [3.05, 3.63) is 22.0 Å². The van der Waals surface area contributed by atoms with Gasteiger partial charge in [-0.2, -0.15) is 0 Å². The second-order valence-electron chi connectivity index (χ2n) is 3.94. The van der Waals surface area contributed by atoms with Gasteiger partial charge >= 0.3 is 0 Å². The van der Waals surface area contributed by atoms with Crippen molar-refractivity contribution >= 4 is 16.3 Å². The van der Waals surface area contributed by atoms with Gasteiger partial charge in [-0.15, -0.1) is 11.3 Å². The summed E-state index contributed by atoms with van der Waals surface area (Å²) in [5, 5.41) is 0. The van der Waals surface area contributed by atoms with E-state index in [-0.39, 0.29) is 0 Å². The fraction of sp³-hybridized carbons (Fsp3) is 0.545. The van der Waals surface area contributed by atoms with Gasteiger partial charge in [0.15, 0.2) is 4.96 Å². The van der Waals surface area contributed by atoms with Crippen molar-refractivity contribution in [3.8, 4) is 0 Å². The average molecular weight is 206 g/mol. The third-order valence-corrected chi connectivity index (χ3v) is 4.24. The molecule has 0 N–H and O–H groups in total. The molecule has 0 spiro atoms. The summed E-state index contributed by atoms with van der Waals surface area (Å²) in [5.74, 6) is 0. The Bertz CT molecular complexity index is 488. The van der Waals surface area contributed by atoms with Crippen molar-refractivity contribution in [2.45, 2.75) is 39.5 Å². The van der Waals surface area contributed by atoms with Crippen molar-refractivity contribution < 1.29 is 0 Å². The summed E-state index contributed by atoms with van der Waals surface area (Å²) >= 11 is 1.89. The smallest absolute Gasteiger partial charge is 0.194 e. The second kappa shape index (κ2) is 2.83. The molecule has 0 saturated carbocycles. The molecular formula is C11H14N2S. The molecule has 2 aromatic heterocycles. The average Bonchev–Trinajstić information content (AvgIpc) is 2.74. The van der Waals surface area contributed by atoms with E-state index in [0.29, 0.717) is 0 Å². The number of thiazole rings is 1. The summed E-state index contributed by atoms with van der Waals surface area (Å²) in [7, 11) is 0. The Morgan fingerprint density at radius 1 is 1.43 bits per heavy atom. The van der Waals surface area contributed by atoms with Crippen molar-refractivity contribution in [1.82, 2.24) is 9.38 Å². The highest BCUT2D eigenvalue weighted by Gasteiger charge is 2.21. The molecule has 3 rings (SSSR count). The fourth-order valence-corrected chi connectivity index (χ4v) is 3.72. The van der Waals surface area contributed by atoms with E-state index in [1.54, 1.807) is 10.6 Å². The molecule has 0 bridgehead atoms. The van der Waals surface area contributed by atoms with E-state index in [2.05, 4.69) is 23.2 Å². The highest BCUT2D eigenvalue weighted by atomic mass is 32.1. The zero-order valence-corrected chi connectivity index (χ0v) is 9.45. The van der Waals surface area contributed by atoms with Gasteiger partial charge in [0.1, 0.15) is 0 Å². The van der Waals surface area contributed by atoms with Crippen LogP contribution in [0, 0.1) is 6.92 Å². The van der Waals surface area contributed by atoms with Crippen LogP contribution in [-0.2, 0) is 19.3 Å². The maximum absolute atomic E-state index is 4.63. The van der Waals surface area contributed by atoms with Gasteiger partial charge in [0, 0.05) is 16.3 Å². The van der Waals surface area contributed by atoms with Gasteiger partial charge in [0.25, 0.3) is 0 Å². The van der Waals surface area contributed by atoms with E-state index in [9.17, 15) is 0 Å². The summed E-state index contributed by atoms with van der Waals surface area (Å²) in [4.78, 5) is 7.41. The molecular weight excluding hydrogens is 192 g/mol. The first kappa shape index (κ1) is 8.48. The molecule has 0 radical (unpaired) electrons. The number of rotatable bonds is 1. The number of hydrogen-bond donors (Lipinski definition) is 0. The summed E-state index contributed by atoms with van der Waals surface area (Å²) in [5.41, 5.74) is 4.18. The van der Waals surface area contributed by atoms with Crippen molar-refractivity contribution in [1.29, 1.82) is 0 Å². The van der Waals surface area contributed by atoms with Gasteiger partial charge in [-0.05, 0) is 32.6 Å². The molecule has 0 atom stereocenters. The van der Waals surface area contributed by atoms with Crippen LogP contribution < -0.4 is 0 Å². The number of nitrogens with zero attached hydrogens (tertiary/aromatic N) is 2. The molecule has 3 heteroatoms. The van der Waals surface area contributed by atoms with Crippen molar-refractivity contribution in [2.75, 3.05) is 0 Å². The zero-order chi connectivity index (χ0) is 9.71. The van der Waals surface area contributed by atoms with Gasteiger partial charge < -0.3 is 0 Å². The largest absolute Gasteiger partial charge is 0.291 e. The van der Waals surface area contributed by atoms with Gasteiger partial charge in [0.2, 0.25) is 0 Å². The maximum Gasteiger partial charge on any atom is 0.194 e. The highest BCUT2D eigenvalue weighted by molar-refractivity contribution is 7.17. The van der Waals surface area contributed by atoms with E-state index < -0.39 is 0 Å². The number of hydrogen-bond acceptors (Lipinski definition) is 2. The zero-order valence-electron chi connectivity index (χ0n) is 8.63. The summed E-state index contributed by atoms with van der Waals surface area (Å²) in [6, 6.07) is 0. The summed E-state index contributed by atoms with van der Waals surface area (Å²) in [6.45, 7) is 4.34. The van der Waals surface area contributed by atoms with Crippen molar-refractivity contribution in [2.24, 2.45) is 0 Å². The monoisotopic (exact) mass is 206 g/mol. The lowest BCUT2D eigenvalue weighted by Gasteiger charge is -1.99. The first-order valence-corrected chi connectivity index (χ1v) is 6.11. The van der Waals surface area contributed by atoms with Crippen LogP contribution in [0.1, 0.15) is 35.3 Å². The SMILES string of the molecule is CCc1c(C)nc2sc3c(n12)CCC3. The minimum atomic E-state index is 1.09. The van der Waals surface area contributed by atoms with Gasteiger partial charge in [-0.1, -0.05) is 6.92 Å². The van der Waals surface area contributed by atoms with Gasteiger partial charge in [-0.25, -0.2) is 4.98 Å². The lowest BCUT2D eigenvalue weighted by Crippen LogP contribution is -1.95. The maximum atomic E-state index is 4.63. The van der Waals surface area contributed by atoms with Gasteiger partial charge in [-0.3, -0.25) is 4.40 Å². The van der Waals surface area contributed by atoms with Gasteiger partial charge in [0.05, 0.1) is 5.69 Å². The molecule has 1 aliphatic rings. The molecule has 2 aromatic rings. The van der Waals surface area contributed by atoms with Crippen molar-refractivity contribution in [3.63, 3.8) is 0 Å². The lowest BCUT2D eigenvalue weighted by molar-refractivity contribution is 0.868. The van der Waals surface area contributed by atoms with E-state index in [1.807, 2.05) is 11.3 Å². The molecule has 0 amide bonds. The fourth-order valence-electron chi connectivity index (χ4n) is 2.45. The predicted octanol–water partition coefficient (Wildman–Crippen LogP) is 2.76. The standard InChI is InChI=1S/C11H14N2S/c1-3-8-7(2)12-11-13(8)9-5-4-6-10(9)14-11/h3-6H2,1-2H3. The Morgan fingerprint density at radius 3 is 3.07 bits per heavy atom. The molecule has 1 aliphatic carbocycles. The molecule has 0 fully saturated rings. The number of aryl methyl sites for hydroxylation is 4. The van der Waals surface area contributed by atoms with Crippen LogP contribution >= 0.6 is 11.3 Å². The second-order valence-corrected chi connectivity index (χ2v) is 5.00. The Hall–Kier alpha value is -0.830. The van der Waals surface area contributed by atoms with Crippen LogP contribution in [0.4, 0.5) is 0 Å². The van der Waals surface area contributed by atoms with E-state index >= 15 is 0 Å². The summed E-state index contributed by atoms with van der Waals surface area (Å²) in [6.07, 6.45) is 4.94. The molecule has 0 unspecified atom stereocenters. The molecule has 2 heterocycles. The first-order valence-electron chi connectivity index (χ1n) is 5.29. The summed E-state index contributed by atoms with van der Waals surface area (Å²) < 4.78 is 2.41. The molecule has 2 nitrogen and oxygen atoms in total. The van der Waals surface area contributed by atoms with Crippen LogP contribution in [0.25, 0.3) is 4.96 Å². The van der Waals surface area contributed by atoms with E-state index in [4.69, 9.17) is 0 Å². The minimum absolute atomic E-state index is 1.09. The molecule has 0 saturated heterocycles. The highest BCUT2D eigenvalue weighted by Crippen LogP contribution is 2.32. The lowest BCUT2D eigenvalue weighted by atomic mass is 10.2. The number of aromatic nitrogens is 2. The first-order chi connectivity index (χ1) is 6.81. The number of fused-ring (bicyclic) bond motifs is 3. The molecule has 74 valence electrons.